The molecule has 0 unspecified atom stereocenters. The molecule has 0 aliphatic carbocycles. The number of aromatic nitrogens is 1. The lowest BCUT2D eigenvalue weighted by atomic mass is 9.76. The zero-order valence-corrected chi connectivity index (χ0v) is 18.2. The van der Waals surface area contributed by atoms with Gasteiger partial charge in [0.1, 0.15) is 5.75 Å². The van der Waals surface area contributed by atoms with Crippen LogP contribution < -0.4 is 10.3 Å². The molecule has 1 aromatic carbocycles. The van der Waals surface area contributed by atoms with Crippen molar-refractivity contribution in [3.8, 4) is 5.75 Å². The predicted octanol–water partition coefficient (Wildman–Crippen LogP) is 2.72. The van der Waals surface area contributed by atoms with Gasteiger partial charge in [-0.1, -0.05) is 18.2 Å². The number of benzene rings is 1. The van der Waals surface area contributed by atoms with Gasteiger partial charge >= 0.3 is 0 Å². The molecule has 6 heteroatoms. The van der Waals surface area contributed by atoms with E-state index in [1.165, 1.54) is 11.3 Å². The highest BCUT2D eigenvalue weighted by Gasteiger charge is 2.40. The second-order valence-corrected chi connectivity index (χ2v) is 9.21. The van der Waals surface area contributed by atoms with E-state index in [2.05, 4.69) is 27.7 Å². The highest BCUT2D eigenvalue weighted by atomic mass is 16.5. The van der Waals surface area contributed by atoms with Gasteiger partial charge in [0.15, 0.2) is 0 Å². The maximum atomic E-state index is 12.9. The third-order valence-electron chi connectivity index (χ3n) is 7.05. The molecule has 4 heterocycles. The predicted molar refractivity (Wildman–Crippen MR) is 119 cm³/mol. The van der Waals surface area contributed by atoms with Crippen molar-refractivity contribution in [1.82, 2.24) is 9.47 Å². The summed E-state index contributed by atoms with van der Waals surface area (Å²) >= 11 is 0. The Bertz CT molecular complexity index is 951. The quantitative estimate of drug-likeness (QED) is 0.739. The van der Waals surface area contributed by atoms with Crippen LogP contribution in [0.2, 0.25) is 0 Å². The SMILES string of the molecule is COc1cccc(C[C@H]2[C@H]3C[C@H](CN(CC4COCCOC4)C3)c3cccc(=O)n32)c1. The fraction of sp³-hybridized carbons (Fsp3) is 0.560. The van der Waals surface area contributed by atoms with E-state index in [0.717, 1.165) is 51.4 Å². The normalized spacial score (nSPS) is 26.8. The standard InChI is InChI=1S/C25H32N2O4/c1-29-22-5-2-4-18(10-22)11-24-21-12-20(23-6-3-7-25(28)27(23)24)14-26(15-21)13-19-16-30-8-9-31-17-19/h2-7,10,19-21,24H,8-9,11-17H2,1H3/t20-,21+,24+/m1/s1. The minimum absolute atomic E-state index is 0.124. The molecule has 3 atom stereocenters. The van der Waals surface area contributed by atoms with Gasteiger partial charge in [-0.15, -0.1) is 0 Å². The van der Waals surface area contributed by atoms with Crippen molar-refractivity contribution in [2.75, 3.05) is 53.2 Å². The average Bonchev–Trinajstić information content (AvgIpc) is 3.05. The molecule has 1 aromatic heterocycles. The molecule has 0 radical (unpaired) electrons. The number of rotatable bonds is 5. The molecule has 31 heavy (non-hydrogen) atoms. The molecule has 3 aliphatic heterocycles. The van der Waals surface area contributed by atoms with Crippen molar-refractivity contribution in [2.45, 2.75) is 24.8 Å². The molecule has 5 rings (SSSR count). The molecule has 2 bridgehead atoms. The molecular formula is C25H32N2O4. The third-order valence-corrected chi connectivity index (χ3v) is 7.05. The summed E-state index contributed by atoms with van der Waals surface area (Å²) in [5.41, 5.74) is 2.53. The van der Waals surface area contributed by atoms with E-state index in [4.69, 9.17) is 14.2 Å². The Labute approximate surface area is 183 Å². The van der Waals surface area contributed by atoms with Gasteiger partial charge in [0.2, 0.25) is 0 Å². The first-order chi connectivity index (χ1) is 15.2. The molecule has 0 amide bonds. The van der Waals surface area contributed by atoms with Crippen LogP contribution in [0, 0.1) is 11.8 Å². The maximum absolute atomic E-state index is 12.9. The van der Waals surface area contributed by atoms with Gasteiger partial charge in [0.25, 0.3) is 5.56 Å². The Morgan fingerprint density at radius 1 is 1.06 bits per heavy atom. The van der Waals surface area contributed by atoms with Crippen LogP contribution in [0.15, 0.2) is 47.3 Å². The summed E-state index contributed by atoms with van der Waals surface area (Å²) in [5.74, 6) is 2.13. The first-order valence-corrected chi connectivity index (χ1v) is 11.4. The van der Waals surface area contributed by atoms with Gasteiger partial charge in [-0.3, -0.25) is 4.79 Å². The molecule has 3 aliphatic rings. The van der Waals surface area contributed by atoms with Gasteiger partial charge in [0, 0.05) is 49.3 Å². The lowest BCUT2D eigenvalue weighted by molar-refractivity contribution is 0.0511. The number of hydrogen-bond acceptors (Lipinski definition) is 5. The minimum atomic E-state index is 0.124. The van der Waals surface area contributed by atoms with Crippen LogP contribution in [0.5, 0.6) is 5.75 Å². The van der Waals surface area contributed by atoms with Gasteiger partial charge < -0.3 is 23.7 Å². The van der Waals surface area contributed by atoms with Crippen LogP contribution in [0.4, 0.5) is 0 Å². The van der Waals surface area contributed by atoms with Crippen molar-refractivity contribution in [3.05, 3.63) is 64.1 Å². The number of pyridine rings is 1. The largest absolute Gasteiger partial charge is 0.497 e. The van der Waals surface area contributed by atoms with Crippen LogP contribution >= 0.6 is 0 Å². The van der Waals surface area contributed by atoms with Gasteiger partial charge in [-0.05, 0) is 42.5 Å². The lowest BCUT2D eigenvalue weighted by Crippen LogP contribution is -2.51. The summed E-state index contributed by atoms with van der Waals surface area (Å²) < 4.78 is 19.0. The van der Waals surface area contributed by atoms with Crippen LogP contribution in [-0.4, -0.2) is 62.6 Å². The number of fused-ring (bicyclic) bond motifs is 4. The van der Waals surface area contributed by atoms with Crippen molar-refractivity contribution < 1.29 is 14.2 Å². The van der Waals surface area contributed by atoms with Crippen molar-refractivity contribution in [2.24, 2.45) is 11.8 Å². The van der Waals surface area contributed by atoms with E-state index in [9.17, 15) is 4.79 Å². The monoisotopic (exact) mass is 424 g/mol. The molecule has 166 valence electrons. The summed E-state index contributed by atoms with van der Waals surface area (Å²) in [4.78, 5) is 15.5. The molecule has 0 saturated carbocycles. The fourth-order valence-electron chi connectivity index (χ4n) is 5.73. The van der Waals surface area contributed by atoms with E-state index in [-0.39, 0.29) is 11.6 Å². The highest BCUT2D eigenvalue weighted by molar-refractivity contribution is 5.30. The number of ether oxygens (including phenoxy) is 3. The molecule has 2 saturated heterocycles. The van der Waals surface area contributed by atoms with Crippen molar-refractivity contribution in [1.29, 1.82) is 0 Å². The van der Waals surface area contributed by atoms with Gasteiger partial charge in [-0.2, -0.15) is 0 Å². The van der Waals surface area contributed by atoms with E-state index in [1.807, 2.05) is 18.2 Å². The molecule has 6 nitrogen and oxygen atoms in total. The smallest absolute Gasteiger partial charge is 0.251 e. The second kappa shape index (κ2) is 9.15. The van der Waals surface area contributed by atoms with Crippen molar-refractivity contribution in [3.63, 3.8) is 0 Å². The summed E-state index contributed by atoms with van der Waals surface area (Å²) in [6.45, 7) is 5.95. The number of hydrogen-bond donors (Lipinski definition) is 0. The van der Waals surface area contributed by atoms with Gasteiger partial charge in [-0.25, -0.2) is 0 Å². The summed E-state index contributed by atoms with van der Waals surface area (Å²) in [7, 11) is 1.70. The second-order valence-electron chi connectivity index (χ2n) is 9.21. The topological polar surface area (TPSA) is 52.9 Å². The molecule has 2 aromatic rings. The average molecular weight is 425 g/mol. The summed E-state index contributed by atoms with van der Waals surface area (Å²) in [6.07, 6.45) is 1.99. The van der Waals surface area contributed by atoms with E-state index in [0.29, 0.717) is 31.0 Å². The number of likely N-dealkylation sites (tertiary alicyclic amines) is 1. The highest BCUT2D eigenvalue weighted by Crippen LogP contribution is 2.42. The Morgan fingerprint density at radius 2 is 1.87 bits per heavy atom. The van der Waals surface area contributed by atoms with Crippen LogP contribution in [0.3, 0.4) is 0 Å². The van der Waals surface area contributed by atoms with Crippen molar-refractivity contribution >= 4 is 0 Å². The number of methoxy groups -OCH3 is 1. The van der Waals surface area contributed by atoms with E-state index in [1.54, 1.807) is 13.2 Å². The molecular weight excluding hydrogens is 392 g/mol. The minimum Gasteiger partial charge on any atom is -0.497 e. The molecule has 0 N–H and O–H groups in total. The Kier molecular flexibility index (Phi) is 6.12. The first-order valence-electron chi connectivity index (χ1n) is 11.4. The van der Waals surface area contributed by atoms with E-state index < -0.39 is 0 Å². The number of piperidine rings is 1. The Morgan fingerprint density at radius 3 is 2.68 bits per heavy atom. The van der Waals surface area contributed by atoms with Crippen LogP contribution in [0.25, 0.3) is 0 Å². The number of nitrogens with zero attached hydrogens (tertiary/aromatic N) is 2. The third kappa shape index (κ3) is 4.43. The molecule has 0 spiro atoms. The summed E-state index contributed by atoms with van der Waals surface area (Å²) in [5, 5.41) is 0. The Balaban J connectivity index is 1.42. The van der Waals surface area contributed by atoms with Gasteiger partial charge in [0.05, 0.1) is 33.5 Å². The fourth-order valence-corrected chi connectivity index (χ4v) is 5.73. The first kappa shape index (κ1) is 20.7. The van der Waals surface area contributed by atoms with Crippen LogP contribution in [0.1, 0.15) is 29.6 Å². The van der Waals surface area contributed by atoms with Crippen LogP contribution in [-0.2, 0) is 15.9 Å². The zero-order chi connectivity index (χ0) is 21.2. The summed E-state index contributed by atoms with van der Waals surface area (Å²) in [6, 6.07) is 14.2. The lowest BCUT2D eigenvalue weighted by Gasteiger charge is -2.47. The maximum Gasteiger partial charge on any atom is 0.251 e. The zero-order valence-electron chi connectivity index (χ0n) is 18.2. The van der Waals surface area contributed by atoms with E-state index >= 15 is 0 Å². The Hall–Kier alpha value is -2.15. The molecule has 2 fully saturated rings.